The van der Waals surface area contributed by atoms with Gasteiger partial charge in [0, 0.05) is 38.5 Å². The molecule has 0 saturated carbocycles. The number of likely N-dealkylation sites (N-methyl/N-ethyl adjacent to an activating group) is 1. The summed E-state index contributed by atoms with van der Waals surface area (Å²) in [5, 5.41) is 18.0. The average Bonchev–Trinajstić information content (AvgIpc) is 3.26. The van der Waals surface area contributed by atoms with E-state index in [0.717, 1.165) is 17.7 Å². The summed E-state index contributed by atoms with van der Waals surface area (Å²) in [5.41, 5.74) is 0.775. The number of rotatable bonds is 6. The summed E-state index contributed by atoms with van der Waals surface area (Å²) < 4.78 is 46.5. The van der Waals surface area contributed by atoms with E-state index < -0.39 is 11.7 Å². The molecule has 3 atom stereocenters. The second kappa shape index (κ2) is 12.0. The predicted molar refractivity (Wildman–Crippen MR) is 123 cm³/mol. The molecule has 1 aromatic carbocycles. The maximum Gasteiger partial charge on any atom is 0.416 e. The lowest BCUT2D eigenvalue weighted by Crippen LogP contribution is -2.47. The second-order valence-corrected chi connectivity index (χ2v) is 9.37. The summed E-state index contributed by atoms with van der Waals surface area (Å²) >= 11 is 0. The third-order valence-corrected chi connectivity index (χ3v) is 6.27. The topological polar surface area (TPSA) is 83.7 Å². The van der Waals surface area contributed by atoms with Gasteiger partial charge in [0.2, 0.25) is 5.91 Å². The lowest BCUT2D eigenvalue weighted by atomic mass is 10.0. The van der Waals surface area contributed by atoms with Crippen LogP contribution >= 0.6 is 0 Å². The van der Waals surface area contributed by atoms with E-state index in [4.69, 9.17) is 4.74 Å². The molecule has 194 valence electrons. The third-order valence-electron chi connectivity index (χ3n) is 6.27. The number of carbonyl (C=O) groups is 1. The largest absolute Gasteiger partial charge is 0.416 e. The molecular weight excluding hydrogens is 463 g/mol. The molecule has 2 bridgehead atoms. The van der Waals surface area contributed by atoms with Gasteiger partial charge in [0.1, 0.15) is 5.69 Å². The molecule has 35 heavy (non-hydrogen) atoms. The molecule has 0 spiro atoms. The molecule has 0 fully saturated rings. The maximum absolute atomic E-state index is 12.9. The lowest BCUT2D eigenvalue weighted by Gasteiger charge is -2.35. The van der Waals surface area contributed by atoms with Gasteiger partial charge in [-0.2, -0.15) is 13.2 Å². The summed E-state index contributed by atoms with van der Waals surface area (Å²) in [4.78, 5) is 16.6. The third kappa shape index (κ3) is 7.74. The number of aryl methyl sites for hydroxylation is 1. The number of aliphatic hydroxyl groups excluding tert-OH is 1. The summed E-state index contributed by atoms with van der Waals surface area (Å²) in [6.45, 7) is 5.85. The van der Waals surface area contributed by atoms with Gasteiger partial charge in [0.15, 0.2) is 0 Å². The number of ether oxygens (including phenoxy) is 1. The molecule has 11 heteroatoms. The molecule has 0 saturated heterocycles. The molecule has 0 aliphatic carbocycles. The SMILES string of the molecule is C[C@H]1CN([C@@H](C)CO)C(=O)CCCn2cc(nn2)CO[C@H]1CN(C)Cc1ccc(C(F)(F)F)cc1. The van der Waals surface area contributed by atoms with Crippen molar-refractivity contribution >= 4 is 5.91 Å². The van der Waals surface area contributed by atoms with Crippen molar-refractivity contribution in [1.29, 1.82) is 0 Å². The first-order valence-corrected chi connectivity index (χ1v) is 11.8. The van der Waals surface area contributed by atoms with E-state index in [1.54, 1.807) is 9.58 Å². The Morgan fingerprint density at radius 1 is 1.29 bits per heavy atom. The Balaban J connectivity index is 1.74. The highest BCUT2D eigenvalue weighted by Gasteiger charge is 2.30. The van der Waals surface area contributed by atoms with Crippen molar-refractivity contribution in [2.24, 2.45) is 5.92 Å². The van der Waals surface area contributed by atoms with Crippen LogP contribution in [0, 0.1) is 5.92 Å². The first kappa shape index (κ1) is 27.1. The molecule has 1 aromatic heterocycles. The van der Waals surface area contributed by atoms with Crippen LogP contribution < -0.4 is 0 Å². The minimum absolute atomic E-state index is 0.0326. The number of hydrogen-bond acceptors (Lipinski definition) is 6. The van der Waals surface area contributed by atoms with Gasteiger partial charge in [-0.1, -0.05) is 24.3 Å². The fourth-order valence-electron chi connectivity index (χ4n) is 4.18. The van der Waals surface area contributed by atoms with E-state index in [-0.39, 0.29) is 37.2 Å². The first-order chi connectivity index (χ1) is 16.6. The number of carbonyl (C=O) groups excluding carboxylic acids is 1. The standard InChI is InChI=1S/C24H34F3N5O3/c1-17-11-32(18(2)15-33)23(34)5-4-10-31-13-21(28-29-31)16-35-22(17)14-30(3)12-19-6-8-20(9-7-19)24(25,26)27/h6-9,13,17-18,22,33H,4-5,10-12,14-16H2,1-3H3/t17-,18-,22-/m0/s1. The zero-order chi connectivity index (χ0) is 25.6. The minimum atomic E-state index is -4.36. The zero-order valence-electron chi connectivity index (χ0n) is 20.4. The van der Waals surface area contributed by atoms with Crippen molar-refractivity contribution in [2.75, 3.05) is 26.7 Å². The normalized spacial score (nSPS) is 21.4. The minimum Gasteiger partial charge on any atom is -0.394 e. The number of alkyl halides is 3. The van der Waals surface area contributed by atoms with Crippen LogP contribution in [-0.4, -0.2) is 74.7 Å². The molecule has 8 nitrogen and oxygen atoms in total. The van der Waals surface area contributed by atoms with Crippen LogP contribution in [0.5, 0.6) is 0 Å². The van der Waals surface area contributed by atoms with Gasteiger partial charge in [0.05, 0.1) is 37.1 Å². The van der Waals surface area contributed by atoms with Crippen molar-refractivity contribution in [3.8, 4) is 0 Å². The van der Waals surface area contributed by atoms with Crippen LogP contribution in [0.15, 0.2) is 30.5 Å². The maximum atomic E-state index is 12.9. The van der Waals surface area contributed by atoms with Gasteiger partial charge in [-0.25, -0.2) is 0 Å². The lowest BCUT2D eigenvalue weighted by molar-refractivity contribution is -0.137. The van der Waals surface area contributed by atoms with Crippen LogP contribution in [0.25, 0.3) is 0 Å². The molecule has 1 N–H and O–H groups in total. The predicted octanol–water partition coefficient (Wildman–Crippen LogP) is 2.95. The van der Waals surface area contributed by atoms with Crippen LogP contribution in [0.1, 0.15) is 43.5 Å². The van der Waals surface area contributed by atoms with E-state index in [1.165, 1.54) is 12.1 Å². The smallest absolute Gasteiger partial charge is 0.394 e. The van der Waals surface area contributed by atoms with Gasteiger partial charge in [-0.3, -0.25) is 14.4 Å². The van der Waals surface area contributed by atoms with E-state index in [1.807, 2.05) is 32.0 Å². The monoisotopic (exact) mass is 497 g/mol. The van der Waals surface area contributed by atoms with Crippen LogP contribution in [0.2, 0.25) is 0 Å². The number of nitrogens with zero attached hydrogens (tertiary/aromatic N) is 5. The zero-order valence-corrected chi connectivity index (χ0v) is 20.4. The molecule has 3 rings (SSSR count). The molecule has 1 amide bonds. The Morgan fingerprint density at radius 2 is 2.00 bits per heavy atom. The van der Waals surface area contributed by atoms with Crippen LogP contribution in [0.3, 0.4) is 0 Å². The highest BCUT2D eigenvalue weighted by molar-refractivity contribution is 5.76. The summed E-state index contributed by atoms with van der Waals surface area (Å²) in [6.07, 6.45) is -1.89. The average molecular weight is 498 g/mol. The number of fused-ring (bicyclic) bond motifs is 2. The summed E-state index contributed by atoms with van der Waals surface area (Å²) in [5.74, 6) is -0.103. The quantitative estimate of drug-likeness (QED) is 0.661. The molecule has 1 aliphatic heterocycles. The number of halogens is 3. The second-order valence-electron chi connectivity index (χ2n) is 9.37. The molecule has 1 aliphatic rings. The fourth-order valence-corrected chi connectivity index (χ4v) is 4.18. The number of aliphatic hydroxyl groups is 1. The Morgan fingerprint density at radius 3 is 2.66 bits per heavy atom. The highest BCUT2D eigenvalue weighted by atomic mass is 19.4. The Kier molecular flexibility index (Phi) is 9.26. The van der Waals surface area contributed by atoms with Gasteiger partial charge in [0.25, 0.3) is 0 Å². The van der Waals surface area contributed by atoms with Crippen molar-refractivity contribution in [1.82, 2.24) is 24.8 Å². The highest BCUT2D eigenvalue weighted by Crippen LogP contribution is 2.29. The van der Waals surface area contributed by atoms with E-state index in [0.29, 0.717) is 44.7 Å². The molecule has 2 aromatic rings. The van der Waals surface area contributed by atoms with Gasteiger partial charge < -0.3 is 14.7 Å². The van der Waals surface area contributed by atoms with Crippen LogP contribution in [-0.2, 0) is 35.4 Å². The molecule has 0 unspecified atom stereocenters. The molecule has 2 heterocycles. The fraction of sp³-hybridized carbons (Fsp3) is 0.625. The number of aromatic nitrogens is 3. The number of benzene rings is 1. The molecular formula is C24H34F3N5O3. The van der Waals surface area contributed by atoms with Crippen LogP contribution in [0.4, 0.5) is 13.2 Å². The van der Waals surface area contributed by atoms with E-state index in [9.17, 15) is 23.1 Å². The Hall–Kier alpha value is -2.50. The summed E-state index contributed by atoms with van der Waals surface area (Å²) in [7, 11) is 1.88. The molecule has 0 radical (unpaired) electrons. The summed E-state index contributed by atoms with van der Waals surface area (Å²) in [6, 6.07) is 4.82. The number of hydrogen-bond donors (Lipinski definition) is 1. The van der Waals surface area contributed by atoms with Gasteiger partial charge in [-0.05, 0) is 38.1 Å². The van der Waals surface area contributed by atoms with E-state index >= 15 is 0 Å². The Labute approximate surface area is 203 Å². The van der Waals surface area contributed by atoms with Crippen molar-refractivity contribution in [3.05, 3.63) is 47.3 Å². The van der Waals surface area contributed by atoms with Crippen molar-refractivity contribution in [2.45, 2.75) is 64.7 Å². The van der Waals surface area contributed by atoms with E-state index in [2.05, 4.69) is 10.3 Å². The van der Waals surface area contributed by atoms with Gasteiger partial charge in [-0.15, -0.1) is 5.10 Å². The first-order valence-electron chi connectivity index (χ1n) is 11.8. The van der Waals surface area contributed by atoms with Crippen molar-refractivity contribution in [3.63, 3.8) is 0 Å². The Bertz CT molecular complexity index is 951. The van der Waals surface area contributed by atoms with Gasteiger partial charge >= 0.3 is 6.18 Å². The van der Waals surface area contributed by atoms with Crippen molar-refractivity contribution < 1.29 is 27.8 Å². The number of amides is 1.